The van der Waals surface area contributed by atoms with E-state index in [1.807, 2.05) is 13.0 Å². The summed E-state index contributed by atoms with van der Waals surface area (Å²) in [5.74, 6) is -0.0486. The lowest BCUT2D eigenvalue weighted by Crippen LogP contribution is -2.19. The Bertz CT molecular complexity index is 315. The van der Waals surface area contributed by atoms with Gasteiger partial charge in [-0.2, -0.15) is 0 Å². The van der Waals surface area contributed by atoms with E-state index < -0.39 is 0 Å². The van der Waals surface area contributed by atoms with Crippen molar-refractivity contribution < 1.29 is 4.39 Å². The van der Waals surface area contributed by atoms with E-state index in [0.717, 1.165) is 17.1 Å². The second-order valence-electron chi connectivity index (χ2n) is 3.44. The molecule has 0 unspecified atom stereocenters. The molecule has 14 heavy (non-hydrogen) atoms. The van der Waals surface area contributed by atoms with Gasteiger partial charge < -0.3 is 5.32 Å². The minimum Gasteiger partial charge on any atom is -0.354 e. The van der Waals surface area contributed by atoms with Crippen molar-refractivity contribution in [3.63, 3.8) is 0 Å². The van der Waals surface area contributed by atoms with Gasteiger partial charge in [0.1, 0.15) is 5.83 Å². The van der Waals surface area contributed by atoms with Crippen molar-refractivity contribution in [1.29, 1.82) is 0 Å². The zero-order valence-corrected chi connectivity index (χ0v) is 9.09. The summed E-state index contributed by atoms with van der Waals surface area (Å²) in [5.41, 5.74) is 2.01. The van der Waals surface area contributed by atoms with Crippen LogP contribution in [0.1, 0.15) is 26.2 Å². The van der Waals surface area contributed by atoms with Crippen molar-refractivity contribution in [2.45, 2.75) is 26.2 Å². The lowest BCUT2D eigenvalue weighted by molar-refractivity contribution is 0.580. The largest absolute Gasteiger partial charge is 0.354 e. The standard InChI is InChI=1S/C11H14FNS/c1-8(2)13-11(14)7-9-3-5-10(12)6-4-9/h3,5H,1,4,6-7H2,2H3,(H,13,14). The van der Waals surface area contributed by atoms with Crippen LogP contribution in [0.2, 0.25) is 0 Å². The highest BCUT2D eigenvalue weighted by atomic mass is 32.1. The monoisotopic (exact) mass is 211 g/mol. The molecule has 3 heteroatoms. The van der Waals surface area contributed by atoms with Crippen LogP contribution < -0.4 is 5.32 Å². The fourth-order valence-electron chi connectivity index (χ4n) is 1.29. The minimum atomic E-state index is -0.0486. The molecule has 0 aromatic rings. The van der Waals surface area contributed by atoms with Gasteiger partial charge in [0, 0.05) is 18.5 Å². The van der Waals surface area contributed by atoms with Crippen molar-refractivity contribution in [2.24, 2.45) is 0 Å². The van der Waals surface area contributed by atoms with E-state index >= 15 is 0 Å². The fraction of sp³-hybridized carbons (Fsp3) is 0.364. The third-order valence-corrected chi connectivity index (χ3v) is 2.17. The highest BCUT2D eigenvalue weighted by Crippen LogP contribution is 2.21. The molecule has 0 heterocycles. The Morgan fingerprint density at radius 1 is 1.57 bits per heavy atom. The van der Waals surface area contributed by atoms with Gasteiger partial charge in [-0.15, -0.1) is 0 Å². The summed E-state index contributed by atoms with van der Waals surface area (Å²) in [6.45, 7) is 5.57. The van der Waals surface area contributed by atoms with Crippen LogP contribution in [-0.4, -0.2) is 4.99 Å². The molecule has 0 atom stereocenters. The Morgan fingerprint density at radius 3 is 2.79 bits per heavy atom. The number of hydrogen-bond donors (Lipinski definition) is 1. The number of hydrogen-bond acceptors (Lipinski definition) is 1. The molecular weight excluding hydrogens is 197 g/mol. The van der Waals surface area contributed by atoms with E-state index in [0.29, 0.717) is 12.8 Å². The van der Waals surface area contributed by atoms with Gasteiger partial charge >= 0.3 is 0 Å². The van der Waals surface area contributed by atoms with E-state index in [1.54, 1.807) is 0 Å². The molecule has 0 aromatic carbocycles. The molecule has 1 rings (SSSR count). The van der Waals surface area contributed by atoms with Crippen LogP contribution in [0, 0.1) is 0 Å². The Hall–Kier alpha value is -0.960. The average molecular weight is 211 g/mol. The normalized spacial score (nSPS) is 15.6. The second kappa shape index (κ2) is 5.05. The van der Waals surface area contributed by atoms with E-state index in [-0.39, 0.29) is 5.83 Å². The Balaban J connectivity index is 2.45. The summed E-state index contributed by atoms with van der Waals surface area (Å²) in [7, 11) is 0. The molecule has 0 fully saturated rings. The lowest BCUT2D eigenvalue weighted by atomic mass is 10.0. The molecule has 0 spiro atoms. The predicted octanol–water partition coefficient (Wildman–Crippen LogP) is 3.40. The number of thiocarbonyl (C=S) groups is 1. The van der Waals surface area contributed by atoms with Crippen LogP contribution in [0.25, 0.3) is 0 Å². The van der Waals surface area contributed by atoms with Crippen molar-refractivity contribution in [3.8, 4) is 0 Å². The summed E-state index contributed by atoms with van der Waals surface area (Å²) in [6, 6.07) is 0. The number of allylic oxidation sites excluding steroid dienone is 4. The minimum absolute atomic E-state index is 0.0486. The van der Waals surface area contributed by atoms with Crippen molar-refractivity contribution in [1.82, 2.24) is 5.32 Å². The summed E-state index contributed by atoms with van der Waals surface area (Å²) in [4.78, 5) is 0.749. The van der Waals surface area contributed by atoms with Crippen LogP contribution in [0.3, 0.4) is 0 Å². The van der Waals surface area contributed by atoms with Crippen molar-refractivity contribution in [2.75, 3.05) is 0 Å². The summed E-state index contributed by atoms with van der Waals surface area (Å²) >= 11 is 5.11. The fourth-order valence-corrected chi connectivity index (χ4v) is 1.65. The Kier molecular flexibility index (Phi) is 4.01. The second-order valence-corrected chi connectivity index (χ2v) is 3.94. The SMILES string of the molecule is C=C(C)NC(=S)CC1=CC=C(F)CC1. The van der Waals surface area contributed by atoms with Crippen LogP contribution >= 0.6 is 12.2 Å². The first-order chi connectivity index (χ1) is 6.58. The molecule has 0 saturated carbocycles. The third-order valence-electron chi connectivity index (χ3n) is 1.93. The lowest BCUT2D eigenvalue weighted by Gasteiger charge is -2.12. The van der Waals surface area contributed by atoms with Gasteiger partial charge in [0.15, 0.2) is 0 Å². The van der Waals surface area contributed by atoms with Crippen molar-refractivity contribution in [3.05, 3.63) is 35.8 Å². The van der Waals surface area contributed by atoms with E-state index in [1.165, 1.54) is 11.6 Å². The molecule has 76 valence electrons. The zero-order valence-electron chi connectivity index (χ0n) is 8.27. The van der Waals surface area contributed by atoms with E-state index in [2.05, 4.69) is 11.9 Å². The molecular formula is C11H14FNS. The Morgan fingerprint density at radius 2 is 2.29 bits per heavy atom. The number of rotatable bonds is 3. The van der Waals surface area contributed by atoms with Gasteiger partial charge in [-0.1, -0.05) is 30.4 Å². The smallest absolute Gasteiger partial charge is 0.100 e. The first-order valence-electron chi connectivity index (χ1n) is 4.57. The highest BCUT2D eigenvalue weighted by molar-refractivity contribution is 7.80. The molecule has 0 radical (unpaired) electrons. The molecule has 0 amide bonds. The van der Waals surface area contributed by atoms with Crippen LogP contribution in [0.4, 0.5) is 4.39 Å². The van der Waals surface area contributed by atoms with E-state index in [4.69, 9.17) is 12.2 Å². The molecule has 0 aromatic heterocycles. The molecule has 1 nitrogen and oxygen atoms in total. The van der Waals surface area contributed by atoms with Gasteiger partial charge in [-0.25, -0.2) is 4.39 Å². The summed E-state index contributed by atoms with van der Waals surface area (Å²) in [6.07, 6.45) is 5.29. The Labute approximate surface area is 89.4 Å². The number of halogens is 1. The maximum absolute atomic E-state index is 12.7. The molecule has 1 aliphatic rings. The van der Waals surface area contributed by atoms with Crippen LogP contribution in [-0.2, 0) is 0 Å². The van der Waals surface area contributed by atoms with Gasteiger partial charge in [-0.05, 0) is 19.4 Å². The topological polar surface area (TPSA) is 12.0 Å². The maximum Gasteiger partial charge on any atom is 0.100 e. The molecule has 0 bridgehead atoms. The highest BCUT2D eigenvalue weighted by Gasteiger charge is 2.07. The third kappa shape index (κ3) is 3.83. The summed E-state index contributed by atoms with van der Waals surface area (Å²) in [5, 5.41) is 2.98. The maximum atomic E-state index is 12.7. The molecule has 0 saturated heterocycles. The van der Waals surface area contributed by atoms with Crippen molar-refractivity contribution >= 4 is 17.2 Å². The van der Waals surface area contributed by atoms with Crippen LogP contribution in [0.15, 0.2) is 35.8 Å². The quantitative estimate of drug-likeness (QED) is 0.718. The van der Waals surface area contributed by atoms with E-state index in [9.17, 15) is 4.39 Å². The zero-order chi connectivity index (χ0) is 10.6. The predicted molar refractivity (Wildman–Crippen MR) is 61.7 cm³/mol. The van der Waals surface area contributed by atoms with Gasteiger partial charge in [-0.3, -0.25) is 0 Å². The number of nitrogens with one attached hydrogen (secondary N) is 1. The first-order valence-corrected chi connectivity index (χ1v) is 4.98. The molecule has 0 aliphatic heterocycles. The van der Waals surface area contributed by atoms with Gasteiger partial charge in [0.05, 0.1) is 4.99 Å². The van der Waals surface area contributed by atoms with Gasteiger partial charge in [0.2, 0.25) is 0 Å². The molecule has 1 N–H and O–H groups in total. The van der Waals surface area contributed by atoms with Gasteiger partial charge in [0.25, 0.3) is 0 Å². The summed E-state index contributed by atoms with van der Waals surface area (Å²) < 4.78 is 12.7. The molecule has 1 aliphatic carbocycles. The first kappa shape index (κ1) is 11.1. The average Bonchev–Trinajstić information content (AvgIpc) is 2.07. The van der Waals surface area contributed by atoms with Crippen LogP contribution in [0.5, 0.6) is 0 Å².